The minimum absolute atomic E-state index is 0.102. The Morgan fingerprint density at radius 1 is 1.79 bits per heavy atom. The highest BCUT2D eigenvalue weighted by atomic mass is 127. The predicted octanol–water partition coefficient (Wildman–Crippen LogP) is 2.48. The lowest BCUT2D eigenvalue weighted by Gasteiger charge is -2.05. The molecule has 0 saturated heterocycles. The second-order valence-corrected chi connectivity index (χ2v) is 4.42. The van der Waals surface area contributed by atoms with Gasteiger partial charge in [0.05, 0.1) is 22.1 Å². The van der Waals surface area contributed by atoms with Gasteiger partial charge in [0.15, 0.2) is 0 Å². The van der Waals surface area contributed by atoms with Crippen molar-refractivity contribution in [2.45, 2.75) is 13.5 Å². The molecule has 0 fully saturated rings. The van der Waals surface area contributed by atoms with Crippen LogP contribution in [0.5, 0.6) is 0 Å². The zero-order chi connectivity index (χ0) is 10.7. The van der Waals surface area contributed by atoms with Crippen LogP contribution in [0.25, 0.3) is 0 Å². The number of halogens is 3. The van der Waals surface area contributed by atoms with Crippen molar-refractivity contribution in [1.82, 2.24) is 9.55 Å². The topological polar surface area (TPSA) is 34.9 Å². The normalized spacial score (nSPS) is 11.9. The second kappa shape index (κ2) is 5.14. The maximum absolute atomic E-state index is 11.6. The summed E-state index contributed by atoms with van der Waals surface area (Å²) in [5.41, 5.74) is 1.85. The molecule has 0 spiro atoms. The van der Waals surface area contributed by atoms with Gasteiger partial charge in [-0.3, -0.25) is 9.36 Å². The molecule has 3 nitrogen and oxygen atoms in total. The Morgan fingerprint density at radius 3 is 3.00 bits per heavy atom. The number of rotatable bonds is 2. The van der Waals surface area contributed by atoms with E-state index in [1.807, 2.05) is 22.6 Å². The average Bonchev–Trinajstić information content (AvgIpc) is 2.19. The van der Waals surface area contributed by atoms with E-state index in [2.05, 4.69) is 4.98 Å². The first kappa shape index (κ1) is 12.0. The molecule has 14 heavy (non-hydrogen) atoms. The molecule has 0 aliphatic rings. The number of aryl methyl sites for hydroxylation is 1. The van der Waals surface area contributed by atoms with Crippen molar-refractivity contribution in [2.75, 3.05) is 0 Å². The molecular formula is C8H7Cl2IN2O. The van der Waals surface area contributed by atoms with Crippen LogP contribution in [0.4, 0.5) is 0 Å². The monoisotopic (exact) mass is 344 g/mol. The van der Waals surface area contributed by atoms with Gasteiger partial charge >= 0.3 is 0 Å². The van der Waals surface area contributed by atoms with Crippen LogP contribution < -0.4 is 5.56 Å². The third kappa shape index (κ3) is 2.71. The Labute approximate surface area is 105 Å². The first-order valence-corrected chi connectivity index (χ1v) is 5.62. The standard InChI is InChI=1S/C8H7Cl2IN2O/c1-5-7(11)8(14)13(4-12-5)3-6(10)2-9/h2,4H,3H2,1H3/b6-2-. The van der Waals surface area contributed by atoms with Crippen molar-refractivity contribution in [2.24, 2.45) is 0 Å². The quantitative estimate of drug-likeness (QED) is 0.772. The number of hydrogen-bond donors (Lipinski definition) is 0. The molecule has 0 bridgehead atoms. The molecule has 0 N–H and O–H groups in total. The van der Waals surface area contributed by atoms with E-state index in [1.165, 1.54) is 16.4 Å². The summed E-state index contributed by atoms with van der Waals surface area (Å²) >= 11 is 13.1. The lowest BCUT2D eigenvalue weighted by molar-refractivity contribution is 0.732. The van der Waals surface area contributed by atoms with Crippen LogP contribution in [0.3, 0.4) is 0 Å². The fraction of sp³-hybridized carbons (Fsp3) is 0.250. The van der Waals surface area contributed by atoms with Gasteiger partial charge in [-0.15, -0.1) is 0 Å². The Morgan fingerprint density at radius 2 is 2.43 bits per heavy atom. The maximum atomic E-state index is 11.6. The minimum Gasteiger partial charge on any atom is -0.293 e. The molecule has 76 valence electrons. The van der Waals surface area contributed by atoms with Crippen molar-refractivity contribution in [1.29, 1.82) is 0 Å². The molecule has 6 heteroatoms. The molecule has 0 atom stereocenters. The van der Waals surface area contributed by atoms with Gasteiger partial charge in [0.2, 0.25) is 0 Å². The van der Waals surface area contributed by atoms with Gasteiger partial charge in [-0.25, -0.2) is 4.98 Å². The molecular weight excluding hydrogens is 338 g/mol. The molecule has 1 heterocycles. The molecule has 0 aliphatic carbocycles. The van der Waals surface area contributed by atoms with Crippen LogP contribution in [0.15, 0.2) is 21.7 Å². The fourth-order valence-electron chi connectivity index (χ4n) is 0.856. The lowest BCUT2D eigenvalue weighted by Crippen LogP contribution is -2.24. The van der Waals surface area contributed by atoms with Gasteiger partial charge in [0.25, 0.3) is 5.56 Å². The van der Waals surface area contributed by atoms with Gasteiger partial charge in [0.1, 0.15) is 0 Å². The third-order valence-corrected chi connectivity index (χ3v) is 3.44. The molecule has 1 aromatic heterocycles. The van der Waals surface area contributed by atoms with Crippen molar-refractivity contribution in [3.05, 3.63) is 36.5 Å². The highest BCUT2D eigenvalue weighted by Crippen LogP contribution is 2.07. The van der Waals surface area contributed by atoms with Crippen molar-refractivity contribution in [3.8, 4) is 0 Å². The van der Waals surface area contributed by atoms with Crippen molar-refractivity contribution in [3.63, 3.8) is 0 Å². The smallest absolute Gasteiger partial charge is 0.267 e. The van der Waals surface area contributed by atoms with Gasteiger partial charge in [0, 0.05) is 10.6 Å². The molecule has 1 rings (SSSR count). The molecule has 0 radical (unpaired) electrons. The second-order valence-electron chi connectivity index (χ2n) is 2.63. The largest absolute Gasteiger partial charge is 0.293 e. The number of allylic oxidation sites excluding steroid dienone is 1. The summed E-state index contributed by atoms with van der Waals surface area (Å²) in [7, 11) is 0. The van der Waals surface area contributed by atoms with Crippen LogP contribution >= 0.6 is 45.8 Å². The van der Waals surface area contributed by atoms with E-state index in [-0.39, 0.29) is 12.1 Å². The Hall–Kier alpha value is -0.0700. The number of nitrogens with zero attached hydrogens (tertiary/aromatic N) is 2. The minimum atomic E-state index is -0.102. The van der Waals surface area contributed by atoms with E-state index in [0.717, 1.165) is 5.69 Å². The maximum Gasteiger partial charge on any atom is 0.267 e. The summed E-state index contributed by atoms with van der Waals surface area (Å²) in [6, 6.07) is 0. The zero-order valence-electron chi connectivity index (χ0n) is 7.30. The van der Waals surface area contributed by atoms with E-state index in [4.69, 9.17) is 23.2 Å². The van der Waals surface area contributed by atoms with E-state index in [1.54, 1.807) is 6.92 Å². The summed E-state index contributed by atoms with van der Waals surface area (Å²) in [6.07, 6.45) is 1.46. The summed E-state index contributed by atoms with van der Waals surface area (Å²) in [5, 5.41) is 0.398. The highest BCUT2D eigenvalue weighted by Gasteiger charge is 2.05. The van der Waals surface area contributed by atoms with E-state index < -0.39 is 0 Å². The molecule has 0 aromatic carbocycles. The lowest BCUT2D eigenvalue weighted by atomic mass is 10.4. The number of hydrogen-bond acceptors (Lipinski definition) is 2. The molecule has 0 amide bonds. The SMILES string of the molecule is Cc1ncn(C/C(Cl)=C/Cl)c(=O)c1I. The molecule has 1 aromatic rings. The van der Waals surface area contributed by atoms with E-state index >= 15 is 0 Å². The van der Waals surface area contributed by atoms with Crippen LogP contribution in [0.1, 0.15) is 5.69 Å². The van der Waals surface area contributed by atoms with Crippen molar-refractivity contribution >= 4 is 45.8 Å². The first-order valence-electron chi connectivity index (χ1n) is 3.72. The summed E-state index contributed by atoms with van der Waals surface area (Å²) < 4.78 is 2.01. The Bertz CT molecular complexity index is 428. The first-order chi connectivity index (χ1) is 6.56. The van der Waals surface area contributed by atoms with Crippen molar-refractivity contribution < 1.29 is 0 Å². The van der Waals surface area contributed by atoms with Crippen LogP contribution in [0, 0.1) is 10.5 Å². The molecule has 0 aliphatic heterocycles. The van der Waals surface area contributed by atoms with E-state index in [0.29, 0.717) is 8.60 Å². The summed E-state index contributed by atoms with van der Waals surface area (Å²) in [5.74, 6) is 0. The van der Waals surface area contributed by atoms with Gasteiger partial charge in [-0.2, -0.15) is 0 Å². The van der Waals surface area contributed by atoms with Gasteiger partial charge in [-0.1, -0.05) is 23.2 Å². The summed E-state index contributed by atoms with van der Waals surface area (Å²) in [4.78, 5) is 15.7. The third-order valence-electron chi connectivity index (χ3n) is 1.60. The van der Waals surface area contributed by atoms with Crippen LogP contribution in [-0.2, 0) is 6.54 Å². The average molecular weight is 345 g/mol. The number of aromatic nitrogens is 2. The predicted molar refractivity (Wildman–Crippen MR) is 65.7 cm³/mol. The van der Waals surface area contributed by atoms with E-state index in [9.17, 15) is 4.79 Å². The molecule has 0 saturated carbocycles. The highest BCUT2D eigenvalue weighted by molar-refractivity contribution is 14.1. The Kier molecular flexibility index (Phi) is 4.40. The van der Waals surface area contributed by atoms with Gasteiger partial charge < -0.3 is 0 Å². The summed E-state index contributed by atoms with van der Waals surface area (Å²) in [6.45, 7) is 2.04. The van der Waals surface area contributed by atoms with Crippen LogP contribution in [0.2, 0.25) is 0 Å². The van der Waals surface area contributed by atoms with Crippen LogP contribution in [-0.4, -0.2) is 9.55 Å². The Balaban J connectivity index is 3.13. The molecule has 0 unspecified atom stereocenters. The zero-order valence-corrected chi connectivity index (χ0v) is 11.0. The fourth-order valence-corrected chi connectivity index (χ4v) is 1.50. The van der Waals surface area contributed by atoms with Gasteiger partial charge in [-0.05, 0) is 29.5 Å².